The molecule has 0 unspecified atom stereocenters. The fourth-order valence-corrected chi connectivity index (χ4v) is 2.83. The average molecular weight is 323 g/mol. The van der Waals surface area contributed by atoms with E-state index in [1.165, 1.54) is 4.57 Å². The predicted molar refractivity (Wildman–Crippen MR) is 85.2 cm³/mol. The van der Waals surface area contributed by atoms with Crippen LogP contribution in [0.15, 0.2) is 10.9 Å². The molecule has 1 aliphatic rings. The van der Waals surface area contributed by atoms with Crippen LogP contribution >= 0.6 is 0 Å². The van der Waals surface area contributed by atoms with Crippen molar-refractivity contribution in [3.05, 3.63) is 27.9 Å². The molecule has 1 amide bonds. The van der Waals surface area contributed by atoms with E-state index < -0.39 is 0 Å². The first-order valence-electron chi connectivity index (χ1n) is 7.96. The summed E-state index contributed by atoms with van der Waals surface area (Å²) in [7, 11) is 0. The maximum atomic E-state index is 12.0. The number of carbonyl (C=O) groups excluding carboxylic acids is 1. The molecule has 0 atom stereocenters. The second-order valence-corrected chi connectivity index (χ2v) is 6.27. The van der Waals surface area contributed by atoms with Gasteiger partial charge in [-0.15, -0.1) is 0 Å². The lowest BCUT2D eigenvalue weighted by Gasteiger charge is -2.35. The standard InChI is InChI=1S/C16H25N3O4/c1-12-9-13(2)19(15(22)18-12)6-3-14(21)17-10-16(11-20)4-7-23-8-5-16/h9,20H,3-8,10-11H2,1-2H3,(H,17,21). The summed E-state index contributed by atoms with van der Waals surface area (Å²) in [5, 5.41) is 12.5. The van der Waals surface area contributed by atoms with E-state index >= 15 is 0 Å². The number of rotatable bonds is 6. The quantitative estimate of drug-likeness (QED) is 0.777. The Bertz CT molecular complexity index is 606. The zero-order valence-electron chi connectivity index (χ0n) is 13.8. The molecule has 7 nitrogen and oxygen atoms in total. The molecule has 1 fully saturated rings. The second-order valence-electron chi connectivity index (χ2n) is 6.27. The van der Waals surface area contributed by atoms with Crippen LogP contribution in [0.4, 0.5) is 0 Å². The van der Waals surface area contributed by atoms with Gasteiger partial charge in [0.2, 0.25) is 5.91 Å². The first-order chi connectivity index (χ1) is 11.0. The number of amides is 1. The van der Waals surface area contributed by atoms with Crippen LogP contribution < -0.4 is 11.0 Å². The minimum atomic E-state index is -0.327. The molecule has 0 spiro atoms. The summed E-state index contributed by atoms with van der Waals surface area (Å²) in [4.78, 5) is 27.8. The summed E-state index contributed by atoms with van der Waals surface area (Å²) in [6.07, 6.45) is 1.69. The molecule has 0 bridgehead atoms. The highest BCUT2D eigenvalue weighted by Crippen LogP contribution is 2.28. The zero-order valence-corrected chi connectivity index (χ0v) is 13.8. The molecule has 7 heteroatoms. The van der Waals surface area contributed by atoms with Crippen molar-refractivity contribution in [2.45, 2.75) is 39.7 Å². The van der Waals surface area contributed by atoms with Crippen LogP contribution in [0.1, 0.15) is 30.7 Å². The number of ether oxygens (including phenoxy) is 1. The Balaban J connectivity index is 1.87. The maximum absolute atomic E-state index is 12.0. The molecule has 1 aromatic heterocycles. The second kappa shape index (κ2) is 7.70. The first kappa shape index (κ1) is 17.6. The van der Waals surface area contributed by atoms with Crippen LogP contribution in [-0.2, 0) is 16.1 Å². The molecule has 2 heterocycles. The van der Waals surface area contributed by atoms with Gasteiger partial charge in [-0.2, -0.15) is 4.98 Å². The van der Waals surface area contributed by atoms with Crippen molar-refractivity contribution in [2.24, 2.45) is 5.41 Å². The summed E-state index contributed by atoms with van der Waals surface area (Å²) in [5.41, 5.74) is 0.863. The fourth-order valence-electron chi connectivity index (χ4n) is 2.83. The number of hydrogen-bond acceptors (Lipinski definition) is 5. The van der Waals surface area contributed by atoms with E-state index in [0.717, 1.165) is 18.5 Å². The Kier molecular flexibility index (Phi) is 5.90. The highest BCUT2D eigenvalue weighted by atomic mass is 16.5. The van der Waals surface area contributed by atoms with Gasteiger partial charge in [0.1, 0.15) is 0 Å². The van der Waals surface area contributed by atoms with Crippen LogP contribution in [0.5, 0.6) is 0 Å². The van der Waals surface area contributed by atoms with E-state index in [9.17, 15) is 14.7 Å². The molecular weight excluding hydrogens is 298 g/mol. The van der Waals surface area contributed by atoms with Crippen molar-refractivity contribution < 1.29 is 14.6 Å². The summed E-state index contributed by atoms with van der Waals surface area (Å²) in [6.45, 7) is 5.60. The lowest BCUT2D eigenvalue weighted by atomic mass is 9.81. The number of aliphatic hydroxyl groups excluding tert-OH is 1. The van der Waals surface area contributed by atoms with E-state index in [1.54, 1.807) is 6.92 Å². The van der Waals surface area contributed by atoms with E-state index in [-0.39, 0.29) is 30.0 Å². The minimum absolute atomic E-state index is 0.0388. The molecule has 0 saturated carbocycles. The van der Waals surface area contributed by atoms with Gasteiger partial charge >= 0.3 is 5.69 Å². The van der Waals surface area contributed by atoms with Crippen molar-refractivity contribution in [3.8, 4) is 0 Å². The van der Waals surface area contributed by atoms with Crippen molar-refractivity contribution in [1.82, 2.24) is 14.9 Å². The van der Waals surface area contributed by atoms with Crippen LogP contribution in [0.2, 0.25) is 0 Å². The third-order valence-electron chi connectivity index (χ3n) is 4.46. The normalized spacial score (nSPS) is 17.0. The van der Waals surface area contributed by atoms with Gasteiger partial charge in [-0.05, 0) is 32.8 Å². The number of nitrogens with one attached hydrogen (secondary N) is 1. The third-order valence-corrected chi connectivity index (χ3v) is 4.46. The molecule has 0 radical (unpaired) electrons. The summed E-state index contributed by atoms with van der Waals surface area (Å²) < 4.78 is 6.81. The summed E-state index contributed by atoms with van der Waals surface area (Å²) in [5.74, 6) is -0.129. The van der Waals surface area contributed by atoms with Gasteiger partial charge < -0.3 is 15.2 Å². The fraction of sp³-hybridized carbons (Fsp3) is 0.688. The third kappa shape index (κ3) is 4.62. The van der Waals surface area contributed by atoms with Crippen LogP contribution in [0, 0.1) is 19.3 Å². The zero-order chi connectivity index (χ0) is 16.9. The van der Waals surface area contributed by atoms with Crippen LogP contribution in [0.3, 0.4) is 0 Å². The molecule has 0 aromatic carbocycles. The van der Waals surface area contributed by atoms with E-state index in [2.05, 4.69) is 10.3 Å². The molecule has 1 saturated heterocycles. The number of aliphatic hydroxyl groups is 1. The molecule has 23 heavy (non-hydrogen) atoms. The Hall–Kier alpha value is -1.73. The summed E-state index contributed by atoms with van der Waals surface area (Å²) in [6, 6.07) is 1.82. The van der Waals surface area contributed by atoms with E-state index in [1.807, 2.05) is 13.0 Å². The molecule has 1 aromatic rings. The van der Waals surface area contributed by atoms with Crippen molar-refractivity contribution in [1.29, 1.82) is 0 Å². The topological polar surface area (TPSA) is 93.5 Å². The van der Waals surface area contributed by atoms with Gasteiger partial charge in [0.15, 0.2) is 0 Å². The van der Waals surface area contributed by atoms with Gasteiger partial charge in [0.25, 0.3) is 0 Å². The van der Waals surface area contributed by atoms with Gasteiger partial charge in [0.05, 0.1) is 6.61 Å². The Morgan fingerprint density at radius 1 is 1.43 bits per heavy atom. The number of hydrogen-bond donors (Lipinski definition) is 2. The van der Waals surface area contributed by atoms with Crippen LogP contribution in [-0.4, -0.2) is 46.9 Å². The predicted octanol–water partition coefficient (Wildman–Crippen LogP) is 0.156. The largest absolute Gasteiger partial charge is 0.396 e. The van der Waals surface area contributed by atoms with Crippen molar-refractivity contribution in [3.63, 3.8) is 0 Å². The monoisotopic (exact) mass is 323 g/mol. The highest BCUT2D eigenvalue weighted by molar-refractivity contribution is 5.75. The Morgan fingerprint density at radius 2 is 2.13 bits per heavy atom. The maximum Gasteiger partial charge on any atom is 0.347 e. The number of aryl methyl sites for hydroxylation is 2. The van der Waals surface area contributed by atoms with Gasteiger partial charge in [-0.25, -0.2) is 4.79 Å². The van der Waals surface area contributed by atoms with Gasteiger partial charge in [-0.1, -0.05) is 0 Å². The van der Waals surface area contributed by atoms with Crippen molar-refractivity contribution in [2.75, 3.05) is 26.4 Å². The van der Waals surface area contributed by atoms with Gasteiger partial charge in [0, 0.05) is 49.5 Å². The molecule has 2 N–H and O–H groups in total. The van der Waals surface area contributed by atoms with Crippen molar-refractivity contribution >= 4 is 5.91 Å². The molecule has 1 aliphatic heterocycles. The Labute approximate surface area is 135 Å². The van der Waals surface area contributed by atoms with Gasteiger partial charge in [-0.3, -0.25) is 9.36 Å². The molecular formula is C16H25N3O4. The Morgan fingerprint density at radius 3 is 2.74 bits per heavy atom. The molecule has 0 aliphatic carbocycles. The highest BCUT2D eigenvalue weighted by Gasteiger charge is 2.32. The lowest BCUT2D eigenvalue weighted by molar-refractivity contribution is -0.122. The minimum Gasteiger partial charge on any atom is -0.396 e. The van der Waals surface area contributed by atoms with E-state index in [0.29, 0.717) is 32.0 Å². The smallest absolute Gasteiger partial charge is 0.347 e. The number of carbonyl (C=O) groups is 1. The summed E-state index contributed by atoms with van der Waals surface area (Å²) >= 11 is 0. The van der Waals surface area contributed by atoms with E-state index in [4.69, 9.17) is 4.74 Å². The SMILES string of the molecule is Cc1cc(C)n(CCC(=O)NCC2(CO)CCOCC2)c(=O)n1. The molecule has 2 rings (SSSR count). The first-order valence-corrected chi connectivity index (χ1v) is 7.96. The number of aromatic nitrogens is 2. The lowest BCUT2D eigenvalue weighted by Crippen LogP contribution is -2.44. The number of nitrogens with zero attached hydrogens (tertiary/aromatic N) is 2. The molecule has 128 valence electrons. The average Bonchev–Trinajstić information content (AvgIpc) is 2.53. The van der Waals surface area contributed by atoms with Crippen LogP contribution in [0.25, 0.3) is 0 Å².